The van der Waals surface area contributed by atoms with Gasteiger partial charge in [0.15, 0.2) is 0 Å². The van der Waals surface area contributed by atoms with Gasteiger partial charge in [0, 0.05) is 31.9 Å². The van der Waals surface area contributed by atoms with Crippen LogP contribution in [0, 0.1) is 12.7 Å². The van der Waals surface area contributed by atoms with E-state index in [9.17, 15) is 9.18 Å². The zero-order chi connectivity index (χ0) is 16.5. The number of benzene rings is 1. The molecule has 5 nitrogen and oxygen atoms in total. The Kier molecular flexibility index (Phi) is 4.49. The van der Waals surface area contributed by atoms with Crippen LogP contribution in [0.25, 0.3) is 0 Å². The van der Waals surface area contributed by atoms with Crippen LogP contribution in [0.4, 0.5) is 20.6 Å². The number of nitrogens with zero attached hydrogens (tertiary/aromatic N) is 2. The van der Waals surface area contributed by atoms with Crippen LogP contribution in [-0.2, 0) is 4.74 Å². The first-order valence-corrected chi connectivity index (χ1v) is 7.46. The van der Waals surface area contributed by atoms with Crippen LogP contribution >= 0.6 is 0 Å². The van der Waals surface area contributed by atoms with Crippen LogP contribution in [-0.4, -0.2) is 42.8 Å². The van der Waals surface area contributed by atoms with Crippen molar-refractivity contribution >= 4 is 17.5 Å². The van der Waals surface area contributed by atoms with Gasteiger partial charge in [-0.3, -0.25) is 0 Å². The SMILES string of the molecule is Cc1cc(N)c(F)cc1N1CCN(C(=O)OC(C)(C)C)CC1. The monoisotopic (exact) mass is 309 g/mol. The van der Waals surface area contributed by atoms with Gasteiger partial charge in [-0.05, 0) is 45.4 Å². The fourth-order valence-corrected chi connectivity index (χ4v) is 2.49. The summed E-state index contributed by atoms with van der Waals surface area (Å²) in [7, 11) is 0. The Labute approximate surface area is 130 Å². The number of hydrogen-bond acceptors (Lipinski definition) is 4. The molecule has 1 aliphatic heterocycles. The van der Waals surface area contributed by atoms with Gasteiger partial charge in [-0.2, -0.15) is 0 Å². The maximum atomic E-state index is 13.7. The molecule has 0 unspecified atom stereocenters. The van der Waals surface area contributed by atoms with Crippen LogP contribution in [0.3, 0.4) is 0 Å². The molecule has 1 heterocycles. The number of nitrogen functional groups attached to an aromatic ring is 1. The molecule has 1 aromatic rings. The summed E-state index contributed by atoms with van der Waals surface area (Å²) < 4.78 is 19.0. The summed E-state index contributed by atoms with van der Waals surface area (Å²) in [5.74, 6) is -0.407. The molecule has 0 bridgehead atoms. The average molecular weight is 309 g/mol. The summed E-state index contributed by atoms with van der Waals surface area (Å²) in [6.07, 6.45) is -0.299. The third-order valence-electron chi connectivity index (χ3n) is 3.59. The van der Waals surface area contributed by atoms with Gasteiger partial charge in [-0.25, -0.2) is 9.18 Å². The van der Waals surface area contributed by atoms with E-state index >= 15 is 0 Å². The van der Waals surface area contributed by atoms with Gasteiger partial charge in [0.1, 0.15) is 11.4 Å². The Bertz CT molecular complexity index is 561. The second-order valence-electron chi connectivity index (χ2n) is 6.61. The Morgan fingerprint density at radius 3 is 2.36 bits per heavy atom. The summed E-state index contributed by atoms with van der Waals surface area (Å²) in [6, 6.07) is 3.11. The number of nitrogens with two attached hydrogens (primary N) is 1. The predicted molar refractivity (Wildman–Crippen MR) is 85.6 cm³/mol. The minimum Gasteiger partial charge on any atom is -0.444 e. The summed E-state index contributed by atoms with van der Waals surface area (Å²) in [4.78, 5) is 15.8. The molecule has 0 aliphatic carbocycles. The molecule has 6 heteroatoms. The number of ether oxygens (including phenoxy) is 1. The third kappa shape index (κ3) is 3.81. The summed E-state index contributed by atoms with van der Waals surface area (Å²) >= 11 is 0. The first-order valence-electron chi connectivity index (χ1n) is 7.46. The van der Waals surface area contributed by atoms with Crippen LogP contribution in [0.1, 0.15) is 26.3 Å². The van der Waals surface area contributed by atoms with E-state index < -0.39 is 11.4 Å². The van der Waals surface area contributed by atoms with Crippen LogP contribution in [0.2, 0.25) is 0 Å². The lowest BCUT2D eigenvalue weighted by atomic mass is 10.1. The number of hydrogen-bond donors (Lipinski definition) is 1. The largest absolute Gasteiger partial charge is 0.444 e. The second-order valence-corrected chi connectivity index (χ2v) is 6.61. The minimum atomic E-state index is -0.495. The van der Waals surface area contributed by atoms with Crippen molar-refractivity contribution in [1.82, 2.24) is 4.90 Å². The van der Waals surface area contributed by atoms with E-state index in [1.165, 1.54) is 6.07 Å². The van der Waals surface area contributed by atoms with E-state index in [1.54, 1.807) is 11.0 Å². The second kappa shape index (κ2) is 6.02. The van der Waals surface area contributed by atoms with Gasteiger partial charge in [0.2, 0.25) is 0 Å². The van der Waals surface area contributed by atoms with Gasteiger partial charge in [-0.15, -0.1) is 0 Å². The third-order valence-corrected chi connectivity index (χ3v) is 3.59. The molecule has 0 radical (unpaired) electrons. The van der Waals surface area contributed by atoms with E-state index in [2.05, 4.69) is 4.90 Å². The van der Waals surface area contributed by atoms with Crippen molar-refractivity contribution in [1.29, 1.82) is 0 Å². The number of amides is 1. The highest BCUT2D eigenvalue weighted by Crippen LogP contribution is 2.26. The number of piperazine rings is 1. The maximum Gasteiger partial charge on any atom is 0.410 e. The van der Waals surface area contributed by atoms with Crippen LogP contribution in [0.15, 0.2) is 12.1 Å². The topological polar surface area (TPSA) is 58.8 Å². The van der Waals surface area contributed by atoms with E-state index in [0.29, 0.717) is 26.2 Å². The molecule has 0 saturated carbocycles. The van der Waals surface area contributed by atoms with Crippen molar-refractivity contribution in [3.05, 3.63) is 23.5 Å². The van der Waals surface area contributed by atoms with E-state index in [-0.39, 0.29) is 11.8 Å². The average Bonchev–Trinajstić information content (AvgIpc) is 2.41. The Hall–Kier alpha value is -1.98. The van der Waals surface area contributed by atoms with Crippen molar-refractivity contribution in [3.63, 3.8) is 0 Å². The molecule has 122 valence electrons. The van der Waals surface area contributed by atoms with Crippen LogP contribution < -0.4 is 10.6 Å². The van der Waals surface area contributed by atoms with E-state index in [4.69, 9.17) is 10.5 Å². The van der Waals surface area contributed by atoms with Gasteiger partial charge in [0.05, 0.1) is 5.69 Å². The summed E-state index contributed by atoms with van der Waals surface area (Å²) in [5, 5.41) is 0. The molecule has 22 heavy (non-hydrogen) atoms. The number of aryl methyl sites for hydroxylation is 1. The molecule has 1 aromatic carbocycles. The lowest BCUT2D eigenvalue weighted by molar-refractivity contribution is 0.0240. The molecule has 0 atom stereocenters. The zero-order valence-electron chi connectivity index (χ0n) is 13.6. The number of halogens is 1. The van der Waals surface area contributed by atoms with Gasteiger partial charge in [0.25, 0.3) is 0 Å². The number of anilines is 2. The molecule has 1 fully saturated rings. The fraction of sp³-hybridized carbons (Fsp3) is 0.562. The normalized spacial score (nSPS) is 15.9. The standard InChI is InChI=1S/C16H24FN3O2/c1-11-9-13(18)12(17)10-14(11)19-5-7-20(8-6-19)15(21)22-16(2,3)4/h9-10H,5-8,18H2,1-4H3. The Balaban J connectivity index is 2.01. The van der Waals surface area contributed by atoms with E-state index in [1.807, 2.05) is 27.7 Å². The Morgan fingerprint density at radius 2 is 1.82 bits per heavy atom. The molecule has 0 spiro atoms. The summed E-state index contributed by atoms with van der Waals surface area (Å²) in [6.45, 7) is 9.85. The minimum absolute atomic E-state index is 0.161. The van der Waals surface area contributed by atoms with Crippen LogP contribution in [0.5, 0.6) is 0 Å². The molecular weight excluding hydrogens is 285 g/mol. The van der Waals surface area contributed by atoms with E-state index in [0.717, 1.165) is 11.3 Å². The molecule has 1 saturated heterocycles. The molecule has 1 aliphatic rings. The lowest BCUT2D eigenvalue weighted by Crippen LogP contribution is -2.50. The lowest BCUT2D eigenvalue weighted by Gasteiger charge is -2.37. The quantitative estimate of drug-likeness (QED) is 0.810. The van der Waals surface area contributed by atoms with Crippen molar-refractivity contribution in [2.45, 2.75) is 33.3 Å². The zero-order valence-corrected chi connectivity index (χ0v) is 13.6. The smallest absolute Gasteiger partial charge is 0.410 e. The van der Waals surface area contributed by atoms with Crippen molar-refractivity contribution < 1.29 is 13.9 Å². The highest BCUT2D eigenvalue weighted by Gasteiger charge is 2.26. The molecule has 0 aromatic heterocycles. The van der Waals surface area contributed by atoms with Crippen molar-refractivity contribution in [3.8, 4) is 0 Å². The first kappa shape index (κ1) is 16.4. The number of carbonyl (C=O) groups is 1. The fourth-order valence-electron chi connectivity index (χ4n) is 2.49. The molecule has 1 amide bonds. The first-order chi connectivity index (χ1) is 10.2. The van der Waals surface area contributed by atoms with Gasteiger partial charge >= 0.3 is 6.09 Å². The number of rotatable bonds is 1. The highest BCUT2D eigenvalue weighted by atomic mass is 19.1. The highest BCUT2D eigenvalue weighted by molar-refractivity contribution is 5.69. The Morgan fingerprint density at radius 1 is 1.23 bits per heavy atom. The van der Waals surface area contributed by atoms with Gasteiger partial charge < -0.3 is 20.3 Å². The summed E-state index contributed by atoms with van der Waals surface area (Å²) in [5.41, 5.74) is 7.01. The molecule has 2 N–H and O–H groups in total. The number of carbonyl (C=O) groups excluding carboxylic acids is 1. The molecule has 2 rings (SSSR count). The predicted octanol–water partition coefficient (Wildman–Crippen LogP) is 2.77. The van der Waals surface area contributed by atoms with Gasteiger partial charge in [-0.1, -0.05) is 0 Å². The molecular formula is C16H24FN3O2. The van der Waals surface area contributed by atoms with Crippen molar-refractivity contribution in [2.75, 3.05) is 36.8 Å². The van der Waals surface area contributed by atoms with Crippen molar-refractivity contribution in [2.24, 2.45) is 0 Å². The maximum absolute atomic E-state index is 13.7.